The van der Waals surface area contributed by atoms with Crippen LogP contribution in [0.3, 0.4) is 0 Å². The molecule has 4 rings (SSSR count). The Hall–Kier alpha value is -1.57. The summed E-state index contributed by atoms with van der Waals surface area (Å²) in [5, 5.41) is 5.89. The third kappa shape index (κ3) is 15.5. The summed E-state index contributed by atoms with van der Waals surface area (Å²) in [4.78, 5) is 0. The number of hydrogen-bond acceptors (Lipinski definition) is 0. The van der Waals surface area contributed by atoms with Gasteiger partial charge in [-0.1, -0.05) is 174 Å². The zero-order chi connectivity index (χ0) is 28.7. The fourth-order valence-corrected chi connectivity index (χ4v) is 9.66. The van der Waals surface area contributed by atoms with Crippen LogP contribution in [-0.4, -0.2) is 12.3 Å². The van der Waals surface area contributed by atoms with Crippen molar-refractivity contribution >= 4 is 37.1 Å². The van der Waals surface area contributed by atoms with Gasteiger partial charge in [-0.3, -0.25) is 0 Å². The molecule has 0 radical (unpaired) electrons. The van der Waals surface area contributed by atoms with Crippen LogP contribution in [0.15, 0.2) is 121 Å². The van der Waals surface area contributed by atoms with Gasteiger partial charge in [0.1, 0.15) is 0 Å². The second-order valence-electron chi connectivity index (χ2n) is 9.77. The molecule has 0 aliphatic carbocycles. The van der Waals surface area contributed by atoms with Gasteiger partial charge in [-0.15, -0.1) is 0 Å². The number of hydrogen-bond donors (Lipinski definition) is 0. The topological polar surface area (TPSA) is 0 Å². The molecule has 4 aromatic rings. The Labute approximate surface area is 269 Å². The van der Waals surface area contributed by atoms with Crippen LogP contribution in [0.1, 0.15) is 65.2 Å². The van der Waals surface area contributed by atoms with Gasteiger partial charge in [-0.25, -0.2) is 0 Å². The maximum atomic E-state index is 3.72. The fraction of sp³-hybridized carbons (Fsp3) is 0.316. The predicted octanol–water partition coefficient (Wildman–Crippen LogP) is 10.1. The van der Waals surface area contributed by atoms with E-state index < -0.39 is 0 Å². The van der Waals surface area contributed by atoms with E-state index >= 15 is 0 Å². The quantitative estimate of drug-likeness (QED) is 0.0723. The van der Waals surface area contributed by atoms with Gasteiger partial charge < -0.3 is 13.8 Å². The molecule has 0 heterocycles. The SMILES string of the molecule is [CH2-]CCCCC.[CH2-]CCCCC.[Pt+2].c1ccc(P(CCP(c2ccccc2)c2ccccc2)c2ccccc2)cc1. The Morgan fingerprint density at radius 2 is 0.659 bits per heavy atom. The van der Waals surface area contributed by atoms with Gasteiger partial charge in [0, 0.05) is 0 Å². The van der Waals surface area contributed by atoms with Gasteiger partial charge in [-0.05, 0) is 49.4 Å². The van der Waals surface area contributed by atoms with Crippen LogP contribution in [0.2, 0.25) is 0 Å². The maximum Gasteiger partial charge on any atom is 2.00 e. The summed E-state index contributed by atoms with van der Waals surface area (Å²) in [5.74, 6) is 0. The van der Waals surface area contributed by atoms with E-state index in [4.69, 9.17) is 0 Å². The van der Waals surface area contributed by atoms with Crippen LogP contribution < -0.4 is 21.2 Å². The van der Waals surface area contributed by atoms with E-state index in [1.54, 1.807) is 0 Å². The summed E-state index contributed by atoms with van der Waals surface area (Å²) in [6.45, 7) is 11.9. The summed E-state index contributed by atoms with van der Waals surface area (Å²) in [5.41, 5.74) is 0. The average molecular weight is 764 g/mol. The van der Waals surface area contributed by atoms with Gasteiger partial charge in [0.15, 0.2) is 0 Å². The van der Waals surface area contributed by atoms with E-state index in [1.165, 1.54) is 72.1 Å². The first-order valence-electron chi connectivity index (χ1n) is 15.1. The summed E-state index contributed by atoms with van der Waals surface area (Å²) in [6, 6.07) is 44.2. The van der Waals surface area contributed by atoms with Crippen molar-refractivity contribution in [3.63, 3.8) is 0 Å². The van der Waals surface area contributed by atoms with E-state index in [9.17, 15) is 0 Å². The number of unbranched alkanes of at least 4 members (excludes halogenated alkanes) is 6. The number of rotatable bonds is 13. The van der Waals surface area contributed by atoms with Crippen LogP contribution in [0.4, 0.5) is 0 Å². The Bertz CT molecular complexity index is 910. The first-order valence-corrected chi connectivity index (χ1v) is 18.1. The van der Waals surface area contributed by atoms with Crippen molar-refractivity contribution in [1.82, 2.24) is 0 Å². The third-order valence-electron chi connectivity index (χ3n) is 6.53. The molecule has 0 nitrogen and oxygen atoms in total. The fourth-order valence-electron chi connectivity index (χ4n) is 4.30. The van der Waals surface area contributed by atoms with Gasteiger partial charge in [0.25, 0.3) is 0 Å². The predicted molar refractivity (Wildman–Crippen MR) is 187 cm³/mol. The van der Waals surface area contributed by atoms with Crippen molar-refractivity contribution in [2.75, 3.05) is 12.3 Å². The molecule has 0 aliphatic rings. The molecule has 0 saturated carbocycles. The van der Waals surface area contributed by atoms with E-state index in [2.05, 4.69) is 149 Å². The second-order valence-corrected chi connectivity index (χ2v) is 14.4. The molecule has 0 aliphatic heterocycles. The Morgan fingerprint density at radius 1 is 0.415 bits per heavy atom. The summed E-state index contributed by atoms with van der Waals surface area (Å²) in [7, 11) is -0.696. The Balaban J connectivity index is 0.000000547. The van der Waals surface area contributed by atoms with Crippen molar-refractivity contribution in [3.05, 3.63) is 135 Å². The smallest absolute Gasteiger partial charge is 0.343 e. The molecule has 0 amide bonds. The van der Waals surface area contributed by atoms with Crippen molar-refractivity contribution in [2.24, 2.45) is 0 Å². The minimum absolute atomic E-state index is 0. The van der Waals surface area contributed by atoms with Crippen LogP contribution in [-0.2, 0) is 21.1 Å². The molecule has 0 N–H and O–H groups in total. The van der Waals surface area contributed by atoms with Gasteiger partial charge in [-0.2, -0.15) is 12.8 Å². The first kappa shape index (κ1) is 37.5. The normalized spacial score (nSPS) is 10.2. The van der Waals surface area contributed by atoms with Gasteiger partial charge >= 0.3 is 21.1 Å². The molecule has 0 aromatic heterocycles. The van der Waals surface area contributed by atoms with Crippen molar-refractivity contribution < 1.29 is 21.1 Å². The van der Waals surface area contributed by atoms with Crippen LogP contribution in [0.5, 0.6) is 0 Å². The summed E-state index contributed by atoms with van der Waals surface area (Å²) < 4.78 is 0. The van der Waals surface area contributed by atoms with Crippen LogP contribution >= 0.6 is 15.8 Å². The monoisotopic (exact) mass is 763 g/mol. The zero-order valence-corrected chi connectivity index (χ0v) is 29.3. The van der Waals surface area contributed by atoms with Gasteiger partial charge in [0.2, 0.25) is 0 Å². The molecule has 0 bridgehead atoms. The second kappa shape index (κ2) is 25.0. The Kier molecular flexibility index (Phi) is 22.8. The minimum Gasteiger partial charge on any atom is -0.343 e. The minimum atomic E-state index is -0.348. The molecular formula is C38H50P2Pt. The molecule has 222 valence electrons. The molecule has 3 heteroatoms. The summed E-state index contributed by atoms with van der Waals surface area (Å²) in [6.07, 6.45) is 12.6. The molecule has 0 spiro atoms. The first-order chi connectivity index (χ1) is 19.7. The molecule has 4 aromatic carbocycles. The molecule has 0 unspecified atom stereocenters. The average Bonchev–Trinajstić information content (AvgIpc) is 3.03. The van der Waals surface area contributed by atoms with Crippen LogP contribution in [0.25, 0.3) is 0 Å². The van der Waals surface area contributed by atoms with E-state index in [-0.39, 0.29) is 36.9 Å². The zero-order valence-electron chi connectivity index (χ0n) is 25.2. The van der Waals surface area contributed by atoms with Crippen molar-refractivity contribution in [1.29, 1.82) is 0 Å². The summed E-state index contributed by atoms with van der Waals surface area (Å²) >= 11 is 0. The standard InChI is InChI=1S/C26H24P2.2C6H13.Pt/c1-5-13-23(14-6-1)27(24-15-7-2-8-16-24)21-22-28(25-17-9-3-10-18-25)26-19-11-4-12-20-26;2*1-3-5-6-4-2;/h1-20H,21-22H2;2*1,3-6H2,2H3;/q;2*-1;+2. The molecule has 0 fully saturated rings. The number of benzene rings is 4. The van der Waals surface area contributed by atoms with E-state index in [0.29, 0.717) is 0 Å². The van der Waals surface area contributed by atoms with Crippen molar-refractivity contribution in [3.8, 4) is 0 Å². The molecule has 0 saturated heterocycles. The largest absolute Gasteiger partial charge is 2.00 e. The van der Waals surface area contributed by atoms with E-state index in [1.807, 2.05) is 0 Å². The molecule has 41 heavy (non-hydrogen) atoms. The van der Waals surface area contributed by atoms with Crippen molar-refractivity contribution in [2.45, 2.75) is 65.2 Å². The van der Waals surface area contributed by atoms with E-state index in [0.717, 1.165) is 12.8 Å². The molecular weight excluding hydrogens is 713 g/mol. The third-order valence-corrected chi connectivity index (χ3v) is 11.9. The molecule has 0 atom stereocenters. The van der Waals surface area contributed by atoms with Crippen LogP contribution in [0, 0.1) is 13.8 Å². The maximum absolute atomic E-state index is 3.72. The Morgan fingerprint density at radius 3 is 0.829 bits per heavy atom. The van der Waals surface area contributed by atoms with Gasteiger partial charge in [0.05, 0.1) is 0 Å².